The molecule has 3 rings (SSSR count). The highest BCUT2D eigenvalue weighted by Gasteiger charge is 2.24. The molecule has 1 aromatic carbocycles. The van der Waals surface area contributed by atoms with Crippen molar-refractivity contribution in [2.45, 2.75) is 6.04 Å². The van der Waals surface area contributed by atoms with Crippen LogP contribution in [0.1, 0.15) is 6.04 Å². The molecule has 0 spiro atoms. The molecule has 0 radical (unpaired) electrons. The molecule has 0 amide bonds. The molecule has 0 bridgehead atoms. The first-order chi connectivity index (χ1) is 7.68. The van der Waals surface area contributed by atoms with Crippen LogP contribution < -0.4 is 11.0 Å². The van der Waals surface area contributed by atoms with Crippen LogP contribution in [0.5, 0.6) is 0 Å². The maximum Gasteiger partial charge on any atom is 0.329 e. The molecule has 1 saturated heterocycles. The van der Waals surface area contributed by atoms with E-state index in [4.69, 9.17) is 0 Å². The standard InChI is InChI=1S/C11H12FN3O/c1-14-10-4-7(12)2-3-9(10)15(11(14)16)8-5-13-6-8/h2-4,8,13H,5-6H2,1H3. The molecule has 4 nitrogen and oxygen atoms in total. The van der Waals surface area contributed by atoms with E-state index in [-0.39, 0.29) is 17.5 Å². The molecule has 2 heterocycles. The van der Waals surface area contributed by atoms with E-state index in [1.807, 2.05) is 0 Å². The molecule has 1 aliphatic rings. The van der Waals surface area contributed by atoms with Gasteiger partial charge in [0.1, 0.15) is 5.82 Å². The number of aryl methyl sites for hydroxylation is 1. The third-order valence-electron chi connectivity index (χ3n) is 3.18. The van der Waals surface area contributed by atoms with E-state index < -0.39 is 0 Å². The molecule has 84 valence electrons. The molecule has 1 N–H and O–H groups in total. The number of imidazole rings is 1. The molecular formula is C11H12FN3O. The maximum absolute atomic E-state index is 13.1. The molecule has 0 unspecified atom stereocenters. The van der Waals surface area contributed by atoms with E-state index in [1.54, 1.807) is 17.7 Å². The quantitative estimate of drug-likeness (QED) is 0.767. The first-order valence-corrected chi connectivity index (χ1v) is 5.25. The third kappa shape index (κ3) is 1.15. The minimum absolute atomic E-state index is 0.0768. The normalized spacial score (nSPS) is 16.6. The van der Waals surface area contributed by atoms with Crippen molar-refractivity contribution in [2.75, 3.05) is 13.1 Å². The number of aromatic nitrogens is 2. The van der Waals surface area contributed by atoms with E-state index >= 15 is 0 Å². The number of nitrogens with one attached hydrogen (secondary N) is 1. The van der Waals surface area contributed by atoms with Crippen LogP contribution in [0.15, 0.2) is 23.0 Å². The Labute approximate surface area is 91.3 Å². The number of rotatable bonds is 1. The fraction of sp³-hybridized carbons (Fsp3) is 0.364. The molecule has 5 heteroatoms. The molecule has 0 saturated carbocycles. The monoisotopic (exact) mass is 221 g/mol. The highest BCUT2D eigenvalue weighted by Crippen LogP contribution is 2.19. The lowest BCUT2D eigenvalue weighted by molar-refractivity contribution is 0.341. The van der Waals surface area contributed by atoms with Gasteiger partial charge in [0.15, 0.2) is 0 Å². The van der Waals surface area contributed by atoms with Crippen LogP contribution in [0.2, 0.25) is 0 Å². The maximum atomic E-state index is 13.1. The van der Waals surface area contributed by atoms with Crippen LogP contribution in [-0.2, 0) is 7.05 Å². The SMILES string of the molecule is Cn1c(=O)n(C2CNC2)c2ccc(F)cc21. The molecule has 1 aromatic heterocycles. The molecule has 2 aromatic rings. The molecule has 16 heavy (non-hydrogen) atoms. The zero-order chi connectivity index (χ0) is 11.3. The van der Waals surface area contributed by atoms with Gasteiger partial charge in [0.25, 0.3) is 0 Å². The van der Waals surface area contributed by atoms with Gasteiger partial charge in [-0.05, 0) is 18.2 Å². The van der Waals surface area contributed by atoms with E-state index in [1.165, 1.54) is 16.7 Å². The summed E-state index contributed by atoms with van der Waals surface area (Å²) in [5.41, 5.74) is 1.38. The van der Waals surface area contributed by atoms with Crippen LogP contribution in [-0.4, -0.2) is 22.2 Å². The molecule has 1 fully saturated rings. The Morgan fingerprint density at radius 1 is 1.38 bits per heavy atom. The van der Waals surface area contributed by atoms with Crippen molar-refractivity contribution in [3.63, 3.8) is 0 Å². The second kappa shape index (κ2) is 3.18. The number of halogens is 1. The summed E-state index contributed by atoms with van der Waals surface area (Å²) in [5, 5.41) is 3.13. The zero-order valence-corrected chi connectivity index (χ0v) is 8.90. The topological polar surface area (TPSA) is 39.0 Å². The number of nitrogens with zero attached hydrogens (tertiary/aromatic N) is 2. The van der Waals surface area contributed by atoms with Gasteiger partial charge in [0.2, 0.25) is 0 Å². The third-order valence-corrected chi connectivity index (χ3v) is 3.18. The first kappa shape index (κ1) is 9.59. The number of fused-ring (bicyclic) bond motifs is 1. The highest BCUT2D eigenvalue weighted by molar-refractivity contribution is 5.76. The summed E-state index contributed by atoms with van der Waals surface area (Å²) in [6.45, 7) is 1.60. The van der Waals surface area contributed by atoms with Crippen LogP contribution in [0.4, 0.5) is 4.39 Å². The number of hydrogen-bond donors (Lipinski definition) is 1. The summed E-state index contributed by atoms with van der Waals surface area (Å²) in [6.07, 6.45) is 0. The van der Waals surface area contributed by atoms with Gasteiger partial charge in [-0.15, -0.1) is 0 Å². The molecule has 0 atom stereocenters. The average Bonchev–Trinajstić information content (AvgIpc) is 2.42. The zero-order valence-electron chi connectivity index (χ0n) is 8.90. The smallest absolute Gasteiger partial charge is 0.313 e. The van der Waals surface area contributed by atoms with Crippen LogP contribution >= 0.6 is 0 Å². The highest BCUT2D eigenvalue weighted by atomic mass is 19.1. The van der Waals surface area contributed by atoms with E-state index in [0.717, 1.165) is 18.6 Å². The van der Waals surface area contributed by atoms with Gasteiger partial charge in [-0.1, -0.05) is 0 Å². The Morgan fingerprint density at radius 3 is 2.75 bits per heavy atom. The average molecular weight is 221 g/mol. The van der Waals surface area contributed by atoms with Crippen molar-refractivity contribution >= 4 is 11.0 Å². The van der Waals surface area contributed by atoms with Crippen molar-refractivity contribution in [1.82, 2.24) is 14.5 Å². The minimum Gasteiger partial charge on any atom is -0.313 e. The van der Waals surface area contributed by atoms with E-state index in [0.29, 0.717) is 5.52 Å². The Balaban J connectivity index is 2.35. The molecule has 1 aliphatic heterocycles. The van der Waals surface area contributed by atoms with Gasteiger partial charge in [-0.25, -0.2) is 9.18 Å². The van der Waals surface area contributed by atoms with E-state index in [2.05, 4.69) is 5.32 Å². The van der Waals surface area contributed by atoms with Crippen LogP contribution in [0.3, 0.4) is 0 Å². The van der Waals surface area contributed by atoms with Crippen molar-refractivity contribution < 1.29 is 4.39 Å². The summed E-state index contributed by atoms with van der Waals surface area (Å²) in [5.74, 6) is -0.313. The van der Waals surface area contributed by atoms with Gasteiger partial charge in [-0.3, -0.25) is 9.13 Å². The van der Waals surface area contributed by atoms with Crippen LogP contribution in [0.25, 0.3) is 11.0 Å². The van der Waals surface area contributed by atoms with E-state index in [9.17, 15) is 9.18 Å². The Kier molecular flexibility index (Phi) is 1.91. The summed E-state index contributed by atoms with van der Waals surface area (Å²) in [7, 11) is 1.67. The molecule has 0 aliphatic carbocycles. The van der Waals surface area contributed by atoms with Gasteiger partial charge < -0.3 is 5.32 Å². The first-order valence-electron chi connectivity index (χ1n) is 5.25. The number of benzene rings is 1. The summed E-state index contributed by atoms with van der Waals surface area (Å²) in [6, 6.07) is 4.66. The molecular weight excluding hydrogens is 209 g/mol. The predicted molar refractivity (Wildman–Crippen MR) is 59.0 cm³/mol. The minimum atomic E-state index is -0.313. The fourth-order valence-corrected chi connectivity index (χ4v) is 2.15. The predicted octanol–water partition coefficient (Wildman–Crippen LogP) is 0.623. The van der Waals surface area contributed by atoms with Gasteiger partial charge in [0, 0.05) is 20.1 Å². The summed E-state index contributed by atoms with van der Waals surface area (Å²) in [4.78, 5) is 12.0. The van der Waals surface area contributed by atoms with Crippen molar-refractivity contribution in [3.8, 4) is 0 Å². The summed E-state index contributed by atoms with van der Waals surface area (Å²) >= 11 is 0. The summed E-state index contributed by atoms with van der Waals surface area (Å²) < 4.78 is 16.4. The van der Waals surface area contributed by atoms with Gasteiger partial charge >= 0.3 is 5.69 Å². The second-order valence-electron chi connectivity index (χ2n) is 4.16. The van der Waals surface area contributed by atoms with Crippen molar-refractivity contribution in [3.05, 3.63) is 34.5 Å². The van der Waals surface area contributed by atoms with Gasteiger partial charge in [0.05, 0.1) is 17.1 Å². The second-order valence-corrected chi connectivity index (χ2v) is 4.16. The van der Waals surface area contributed by atoms with Crippen LogP contribution in [0, 0.1) is 5.82 Å². The lowest BCUT2D eigenvalue weighted by Gasteiger charge is -2.28. The Hall–Kier alpha value is -1.62. The Bertz CT molecular complexity index is 609. The lowest BCUT2D eigenvalue weighted by Crippen LogP contribution is -2.46. The lowest BCUT2D eigenvalue weighted by atomic mass is 10.1. The van der Waals surface area contributed by atoms with Crippen molar-refractivity contribution in [2.24, 2.45) is 7.05 Å². The fourth-order valence-electron chi connectivity index (χ4n) is 2.15. The largest absolute Gasteiger partial charge is 0.329 e. The van der Waals surface area contributed by atoms with Crippen molar-refractivity contribution in [1.29, 1.82) is 0 Å². The number of hydrogen-bond acceptors (Lipinski definition) is 2. The Morgan fingerprint density at radius 2 is 2.12 bits per heavy atom. The van der Waals surface area contributed by atoms with Gasteiger partial charge in [-0.2, -0.15) is 0 Å².